The number of anilines is 1. The third-order valence-electron chi connectivity index (χ3n) is 3.24. The largest absolute Gasteiger partial charge is 0.490 e. The molecule has 130 valence electrons. The molecule has 1 amide bonds. The van der Waals surface area contributed by atoms with Crippen molar-refractivity contribution in [2.75, 3.05) is 18.5 Å². The van der Waals surface area contributed by atoms with E-state index in [1.807, 2.05) is 6.07 Å². The predicted molar refractivity (Wildman–Crippen MR) is 95.3 cm³/mol. The molecule has 1 N–H and O–H groups in total. The highest BCUT2D eigenvalue weighted by Gasteiger charge is 2.14. The van der Waals surface area contributed by atoms with Crippen LogP contribution in [0.3, 0.4) is 0 Å². The van der Waals surface area contributed by atoms with Gasteiger partial charge in [-0.3, -0.25) is 4.79 Å². The molecule has 25 heavy (non-hydrogen) atoms. The van der Waals surface area contributed by atoms with Gasteiger partial charge < -0.3 is 14.8 Å². The summed E-state index contributed by atoms with van der Waals surface area (Å²) in [6.07, 6.45) is 0. The first-order chi connectivity index (χ1) is 11.9. The Morgan fingerprint density at radius 3 is 2.72 bits per heavy atom. The second-order valence-electron chi connectivity index (χ2n) is 5.13. The highest BCUT2D eigenvalue weighted by molar-refractivity contribution is 9.10. The van der Waals surface area contributed by atoms with Crippen molar-refractivity contribution in [1.29, 1.82) is 5.26 Å². The summed E-state index contributed by atoms with van der Waals surface area (Å²) in [6.45, 7) is 3.53. The fraction of sp³-hybridized carbons (Fsp3) is 0.222. The molecule has 0 bridgehead atoms. The van der Waals surface area contributed by atoms with Gasteiger partial charge in [-0.05, 0) is 53.5 Å². The smallest absolute Gasteiger partial charge is 0.262 e. The van der Waals surface area contributed by atoms with E-state index in [1.54, 1.807) is 32.0 Å². The summed E-state index contributed by atoms with van der Waals surface area (Å²) in [5.41, 5.74) is 1.25. The minimum Gasteiger partial charge on any atom is -0.490 e. The standard InChI is InChI=1S/C18H16BrFN2O3/c1-3-24-16-7-12(9-21)6-14(19)18(16)25-10-17(23)22-13-5-4-11(2)15(20)8-13/h4-8H,3,10H2,1-2H3,(H,22,23). The topological polar surface area (TPSA) is 71.3 Å². The molecular weight excluding hydrogens is 391 g/mol. The minimum absolute atomic E-state index is 0.292. The van der Waals surface area contributed by atoms with Gasteiger partial charge in [-0.15, -0.1) is 0 Å². The normalized spacial score (nSPS) is 10.0. The van der Waals surface area contributed by atoms with E-state index in [9.17, 15) is 9.18 Å². The summed E-state index contributed by atoms with van der Waals surface area (Å²) in [7, 11) is 0. The number of carbonyl (C=O) groups excluding carboxylic acids is 1. The van der Waals surface area contributed by atoms with E-state index in [0.717, 1.165) is 0 Å². The van der Waals surface area contributed by atoms with E-state index < -0.39 is 11.7 Å². The molecular formula is C18H16BrFN2O3. The molecule has 0 aliphatic rings. The summed E-state index contributed by atoms with van der Waals surface area (Å²) in [5, 5.41) is 11.6. The van der Waals surface area contributed by atoms with E-state index >= 15 is 0 Å². The lowest BCUT2D eigenvalue weighted by Crippen LogP contribution is -2.20. The Balaban J connectivity index is 2.08. The highest BCUT2D eigenvalue weighted by Crippen LogP contribution is 2.36. The second-order valence-corrected chi connectivity index (χ2v) is 5.99. The van der Waals surface area contributed by atoms with Crippen LogP contribution >= 0.6 is 15.9 Å². The molecule has 0 saturated carbocycles. The number of nitriles is 1. The van der Waals surface area contributed by atoms with Crippen molar-refractivity contribution >= 4 is 27.5 Å². The van der Waals surface area contributed by atoms with Gasteiger partial charge in [-0.2, -0.15) is 5.26 Å². The van der Waals surface area contributed by atoms with Crippen LogP contribution in [0.1, 0.15) is 18.1 Å². The number of amides is 1. The Morgan fingerprint density at radius 2 is 2.08 bits per heavy atom. The second kappa shape index (κ2) is 8.49. The van der Waals surface area contributed by atoms with Gasteiger partial charge in [0, 0.05) is 11.8 Å². The molecule has 0 spiro atoms. The first kappa shape index (κ1) is 18.7. The number of nitrogens with zero attached hydrogens (tertiary/aromatic N) is 1. The maximum absolute atomic E-state index is 13.5. The van der Waals surface area contributed by atoms with Crippen molar-refractivity contribution in [3.63, 3.8) is 0 Å². The molecule has 0 aromatic heterocycles. The van der Waals surface area contributed by atoms with Crippen LogP contribution in [0.4, 0.5) is 10.1 Å². The Bertz CT molecular complexity index is 834. The fourth-order valence-electron chi connectivity index (χ4n) is 2.04. The summed E-state index contributed by atoms with van der Waals surface area (Å²) in [5.74, 6) is -0.150. The lowest BCUT2D eigenvalue weighted by Gasteiger charge is -2.14. The van der Waals surface area contributed by atoms with Crippen LogP contribution in [-0.4, -0.2) is 19.1 Å². The van der Waals surface area contributed by atoms with Gasteiger partial charge in [0.2, 0.25) is 0 Å². The number of hydrogen-bond acceptors (Lipinski definition) is 4. The number of ether oxygens (including phenoxy) is 2. The number of carbonyl (C=O) groups is 1. The van der Waals surface area contributed by atoms with Crippen LogP contribution in [-0.2, 0) is 4.79 Å². The Hall–Kier alpha value is -2.59. The van der Waals surface area contributed by atoms with Crippen molar-refractivity contribution in [3.8, 4) is 17.6 Å². The molecule has 7 heteroatoms. The molecule has 0 unspecified atom stereocenters. The summed E-state index contributed by atoms with van der Waals surface area (Å²) >= 11 is 3.31. The molecule has 0 saturated heterocycles. The Kier molecular flexibility index (Phi) is 6.37. The van der Waals surface area contributed by atoms with E-state index in [2.05, 4.69) is 21.2 Å². The van der Waals surface area contributed by atoms with Gasteiger partial charge in [0.25, 0.3) is 5.91 Å². The Labute approximate surface area is 153 Å². The third kappa shape index (κ3) is 4.94. The van der Waals surface area contributed by atoms with Gasteiger partial charge in [-0.25, -0.2) is 4.39 Å². The molecule has 2 rings (SSSR count). The summed E-state index contributed by atoms with van der Waals surface area (Å²) in [4.78, 5) is 12.0. The molecule has 0 atom stereocenters. The van der Waals surface area contributed by atoms with E-state index in [-0.39, 0.29) is 6.61 Å². The van der Waals surface area contributed by atoms with Gasteiger partial charge >= 0.3 is 0 Å². The van der Waals surface area contributed by atoms with Crippen LogP contribution in [0, 0.1) is 24.1 Å². The number of nitrogens with one attached hydrogen (secondary N) is 1. The van der Waals surface area contributed by atoms with Gasteiger partial charge in [0.05, 0.1) is 22.7 Å². The zero-order chi connectivity index (χ0) is 18.4. The van der Waals surface area contributed by atoms with Crippen LogP contribution in [0.5, 0.6) is 11.5 Å². The highest BCUT2D eigenvalue weighted by atomic mass is 79.9. The van der Waals surface area contributed by atoms with Crippen molar-refractivity contribution in [3.05, 3.63) is 51.7 Å². The molecule has 5 nitrogen and oxygen atoms in total. The van der Waals surface area contributed by atoms with E-state index in [0.29, 0.717) is 39.4 Å². The van der Waals surface area contributed by atoms with E-state index in [1.165, 1.54) is 12.1 Å². The lowest BCUT2D eigenvalue weighted by molar-refractivity contribution is -0.118. The van der Waals surface area contributed by atoms with Crippen molar-refractivity contribution in [2.45, 2.75) is 13.8 Å². The predicted octanol–water partition coefficient (Wildman–Crippen LogP) is 4.18. The maximum Gasteiger partial charge on any atom is 0.262 e. The lowest BCUT2D eigenvalue weighted by atomic mass is 10.2. The number of benzene rings is 2. The molecule has 2 aromatic rings. The summed E-state index contributed by atoms with van der Waals surface area (Å²) < 4.78 is 25.0. The average molecular weight is 407 g/mol. The first-order valence-corrected chi connectivity index (χ1v) is 8.29. The number of aryl methyl sites for hydroxylation is 1. The van der Waals surface area contributed by atoms with Crippen molar-refractivity contribution in [1.82, 2.24) is 0 Å². The van der Waals surface area contributed by atoms with E-state index in [4.69, 9.17) is 14.7 Å². The molecule has 0 heterocycles. The third-order valence-corrected chi connectivity index (χ3v) is 3.83. The van der Waals surface area contributed by atoms with Gasteiger partial charge in [-0.1, -0.05) is 6.07 Å². The first-order valence-electron chi connectivity index (χ1n) is 7.49. The van der Waals surface area contributed by atoms with Gasteiger partial charge in [0.15, 0.2) is 18.1 Å². The van der Waals surface area contributed by atoms with Crippen molar-refractivity contribution < 1.29 is 18.7 Å². The zero-order valence-corrected chi connectivity index (χ0v) is 15.3. The molecule has 0 radical (unpaired) electrons. The zero-order valence-electron chi connectivity index (χ0n) is 13.7. The minimum atomic E-state index is -0.443. The number of hydrogen-bond donors (Lipinski definition) is 1. The monoisotopic (exact) mass is 406 g/mol. The quantitative estimate of drug-likeness (QED) is 0.780. The maximum atomic E-state index is 13.5. The van der Waals surface area contributed by atoms with Crippen LogP contribution in [0.2, 0.25) is 0 Å². The number of rotatable bonds is 6. The number of halogens is 2. The average Bonchev–Trinajstić information content (AvgIpc) is 2.57. The SMILES string of the molecule is CCOc1cc(C#N)cc(Br)c1OCC(=O)Nc1ccc(C)c(F)c1. The van der Waals surface area contributed by atoms with Crippen molar-refractivity contribution in [2.24, 2.45) is 0 Å². The Morgan fingerprint density at radius 1 is 1.32 bits per heavy atom. The molecule has 0 fully saturated rings. The molecule has 2 aromatic carbocycles. The molecule has 0 aliphatic heterocycles. The van der Waals surface area contributed by atoms with Crippen LogP contribution in [0.15, 0.2) is 34.8 Å². The van der Waals surface area contributed by atoms with Crippen LogP contribution < -0.4 is 14.8 Å². The molecule has 0 aliphatic carbocycles. The van der Waals surface area contributed by atoms with Crippen LogP contribution in [0.25, 0.3) is 0 Å². The summed E-state index contributed by atoms with van der Waals surface area (Å²) in [6, 6.07) is 9.57. The fourth-order valence-corrected chi connectivity index (χ4v) is 2.60. The van der Waals surface area contributed by atoms with Gasteiger partial charge in [0.1, 0.15) is 5.82 Å².